The Balaban J connectivity index is 1.65. The second-order valence-corrected chi connectivity index (χ2v) is 6.99. The molecule has 5 nitrogen and oxygen atoms in total. The second-order valence-electron chi connectivity index (χ2n) is 6.99. The number of piperidine rings is 1. The number of pyridine rings is 1. The van der Waals surface area contributed by atoms with Crippen molar-refractivity contribution in [3.63, 3.8) is 0 Å². The Hall–Kier alpha value is -2.69. The van der Waals surface area contributed by atoms with Crippen LogP contribution in [0, 0.1) is 12.8 Å². The smallest absolute Gasteiger partial charge is 0.272 e. The van der Waals surface area contributed by atoms with E-state index in [4.69, 9.17) is 0 Å². The number of hydrogen-bond donors (Lipinski definition) is 1. The summed E-state index contributed by atoms with van der Waals surface area (Å²) in [7, 11) is 0. The summed E-state index contributed by atoms with van der Waals surface area (Å²) in [6.45, 7) is 6.17. The zero-order valence-electron chi connectivity index (χ0n) is 15.4. The summed E-state index contributed by atoms with van der Waals surface area (Å²) < 4.78 is 0. The van der Waals surface area contributed by atoms with Crippen LogP contribution >= 0.6 is 0 Å². The van der Waals surface area contributed by atoms with Crippen molar-refractivity contribution in [1.29, 1.82) is 0 Å². The van der Waals surface area contributed by atoms with E-state index < -0.39 is 0 Å². The molecule has 1 aliphatic heterocycles. The van der Waals surface area contributed by atoms with Gasteiger partial charge in [0, 0.05) is 19.6 Å². The average Bonchev–Trinajstić information content (AvgIpc) is 2.67. The fraction of sp³-hybridized carbons (Fsp3) is 0.381. The van der Waals surface area contributed by atoms with Crippen molar-refractivity contribution >= 4 is 11.8 Å². The SMILES string of the molecule is Cc1ccccc1CNC(=O)c1cccc(C(=O)N2CCC(C)CC2)n1. The summed E-state index contributed by atoms with van der Waals surface area (Å²) in [6, 6.07) is 13.0. The van der Waals surface area contributed by atoms with Crippen molar-refractivity contribution in [3.05, 3.63) is 65.0 Å². The van der Waals surface area contributed by atoms with Gasteiger partial charge in [-0.1, -0.05) is 37.3 Å². The maximum atomic E-state index is 12.6. The van der Waals surface area contributed by atoms with E-state index in [9.17, 15) is 9.59 Å². The molecule has 3 rings (SSSR count). The lowest BCUT2D eigenvalue weighted by Gasteiger charge is -2.30. The molecule has 5 heteroatoms. The molecule has 0 spiro atoms. The molecule has 1 aromatic carbocycles. The van der Waals surface area contributed by atoms with Gasteiger partial charge in [-0.05, 0) is 48.9 Å². The van der Waals surface area contributed by atoms with Crippen LogP contribution in [0.25, 0.3) is 0 Å². The van der Waals surface area contributed by atoms with Crippen LogP contribution in [0.1, 0.15) is 51.9 Å². The molecule has 1 N–H and O–H groups in total. The van der Waals surface area contributed by atoms with Gasteiger partial charge in [-0.15, -0.1) is 0 Å². The number of likely N-dealkylation sites (tertiary alicyclic amines) is 1. The van der Waals surface area contributed by atoms with Gasteiger partial charge in [0.15, 0.2) is 0 Å². The van der Waals surface area contributed by atoms with Crippen LogP contribution in [0.3, 0.4) is 0 Å². The third-order valence-corrected chi connectivity index (χ3v) is 4.97. The molecular weight excluding hydrogens is 326 g/mol. The highest BCUT2D eigenvalue weighted by molar-refractivity contribution is 5.96. The molecule has 1 fully saturated rings. The van der Waals surface area contributed by atoms with Crippen LogP contribution in [0.15, 0.2) is 42.5 Å². The van der Waals surface area contributed by atoms with Crippen LogP contribution in [0.4, 0.5) is 0 Å². The minimum absolute atomic E-state index is 0.0922. The molecule has 0 aliphatic carbocycles. The summed E-state index contributed by atoms with van der Waals surface area (Å²) in [5.74, 6) is 0.297. The summed E-state index contributed by atoms with van der Waals surface area (Å²) in [6.07, 6.45) is 2.03. The van der Waals surface area contributed by atoms with Gasteiger partial charge in [0.05, 0.1) is 0 Å². The first kappa shape index (κ1) is 18.1. The lowest BCUT2D eigenvalue weighted by molar-refractivity contribution is 0.0691. The number of carbonyl (C=O) groups is 2. The first-order valence-electron chi connectivity index (χ1n) is 9.13. The summed E-state index contributed by atoms with van der Waals surface area (Å²) in [4.78, 5) is 31.2. The Morgan fingerprint density at radius 3 is 2.50 bits per heavy atom. The quantitative estimate of drug-likeness (QED) is 0.920. The van der Waals surface area contributed by atoms with Crippen LogP contribution in [0.5, 0.6) is 0 Å². The molecule has 2 heterocycles. The summed E-state index contributed by atoms with van der Waals surface area (Å²) in [5, 5.41) is 2.88. The normalized spacial score (nSPS) is 14.9. The van der Waals surface area contributed by atoms with Crippen molar-refractivity contribution in [2.24, 2.45) is 5.92 Å². The first-order chi connectivity index (χ1) is 12.5. The van der Waals surface area contributed by atoms with Crippen LogP contribution in [-0.4, -0.2) is 34.8 Å². The molecule has 26 heavy (non-hydrogen) atoms. The van der Waals surface area contributed by atoms with E-state index in [1.54, 1.807) is 18.2 Å². The van der Waals surface area contributed by atoms with Crippen LogP contribution in [0.2, 0.25) is 0 Å². The van der Waals surface area contributed by atoms with Crippen LogP contribution < -0.4 is 5.32 Å². The fourth-order valence-corrected chi connectivity index (χ4v) is 3.13. The number of carbonyl (C=O) groups excluding carboxylic acids is 2. The van der Waals surface area contributed by atoms with Gasteiger partial charge in [0.2, 0.25) is 0 Å². The summed E-state index contributed by atoms with van der Waals surface area (Å²) >= 11 is 0. The lowest BCUT2D eigenvalue weighted by atomic mass is 9.99. The predicted octanol–water partition coefficient (Wildman–Crippen LogP) is 3.19. The zero-order valence-corrected chi connectivity index (χ0v) is 15.4. The van der Waals surface area contributed by atoms with E-state index in [1.165, 1.54) is 0 Å². The molecule has 1 aliphatic rings. The third kappa shape index (κ3) is 4.28. The molecular formula is C21H25N3O2. The topological polar surface area (TPSA) is 62.3 Å². The standard InChI is InChI=1S/C21H25N3O2/c1-15-10-12-24(13-11-15)21(26)19-9-5-8-18(23-19)20(25)22-14-17-7-4-3-6-16(17)2/h3-9,15H,10-14H2,1-2H3,(H,22,25). The number of hydrogen-bond acceptors (Lipinski definition) is 3. The largest absolute Gasteiger partial charge is 0.347 e. The zero-order chi connectivity index (χ0) is 18.5. The van der Waals surface area contributed by atoms with E-state index in [-0.39, 0.29) is 17.5 Å². The second kappa shape index (κ2) is 8.13. The Labute approximate surface area is 154 Å². The minimum atomic E-state index is -0.268. The number of aryl methyl sites for hydroxylation is 1. The van der Waals surface area contributed by atoms with E-state index in [0.717, 1.165) is 37.1 Å². The van der Waals surface area contributed by atoms with Gasteiger partial charge in [0.25, 0.3) is 11.8 Å². The van der Waals surface area contributed by atoms with Crippen molar-refractivity contribution in [2.75, 3.05) is 13.1 Å². The van der Waals surface area contributed by atoms with E-state index in [2.05, 4.69) is 17.2 Å². The van der Waals surface area contributed by atoms with Crippen LogP contribution in [-0.2, 0) is 6.54 Å². The molecule has 0 bridgehead atoms. The molecule has 0 atom stereocenters. The molecule has 0 radical (unpaired) electrons. The third-order valence-electron chi connectivity index (χ3n) is 4.97. The fourth-order valence-electron chi connectivity index (χ4n) is 3.13. The Bertz CT molecular complexity index is 795. The van der Waals surface area contributed by atoms with Gasteiger partial charge in [-0.3, -0.25) is 9.59 Å². The number of nitrogens with one attached hydrogen (secondary N) is 1. The monoisotopic (exact) mass is 351 g/mol. The highest BCUT2D eigenvalue weighted by Gasteiger charge is 2.23. The predicted molar refractivity (Wildman–Crippen MR) is 101 cm³/mol. The number of nitrogens with zero attached hydrogens (tertiary/aromatic N) is 2. The maximum Gasteiger partial charge on any atom is 0.272 e. The van der Waals surface area contributed by atoms with Gasteiger partial charge in [-0.25, -0.2) is 4.98 Å². The van der Waals surface area contributed by atoms with E-state index in [1.807, 2.05) is 36.1 Å². The molecule has 1 saturated heterocycles. The van der Waals surface area contributed by atoms with Gasteiger partial charge in [-0.2, -0.15) is 0 Å². The number of benzene rings is 1. The van der Waals surface area contributed by atoms with Crippen molar-refractivity contribution < 1.29 is 9.59 Å². The summed E-state index contributed by atoms with van der Waals surface area (Å²) in [5.41, 5.74) is 2.80. The van der Waals surface area contributed by atoms with Crippen molar-refractivity contribution in [1.82, 2.24) is 15.2 Å². The van der Waals surface area contributed by atoms with Gasteiger partial charge in [0.1, 0.15) is 11.4 Å². The lowest BCUT2D eigenvalue weighted by Crippen LogP contribution is -2.38. The average molecular weight is 351 g/mol. The Morgan fingerprint density at radius 2 is 1.77 bits per heavy atom. The van der Waals surface area contributed by atoms with E-state index >= 15 is 0 Å². The molecule has 2 aromatic rings. The number of rotatable bonds is 4. The minimum Gasteiger partial charge on any atom is -0.347 e. The first-order valence-corrected chi connectivity index (χ1v) is 9.13. The van der Waals surface area contributed by atoms with E-state index in [0.29, 0.717) is 18.2 Å². The number of aromatic nitrogens is 1. The van der Waals surface area contributed by atoms with Gasteiger partial charge < -0.3 is 10.2 Å². The molecule has 2 amide bonds. The van der Waals surface area contributed by atoms with Crippen molar-refractivity contribution in [2.45, 2.75) is 33.2 Å². The van der Waals surface area contributed by atoms with Gasteiger partial charge >= 0.3 is 0 Å². The maximum absolute atomic E-state index is 12.6. The van der Waals surface area contributed by atoms with Crippen molar-refractivity contribution in [3.8, 4) is 0 Å². The highest BCUT2D eigenvalue weighted by Crippen LogP contribution is 2.17. The molecule has 136 valence electrons. The number of amides is 2. The highest BCUT2D eigenvalue weighted by atomic mass is 16.2. The molecule has 1 aromatic heterocycles. The Kier molecular flexibility index (Phi) is 5.66. The Morgan fingerprint density at radius 1 is 1.08 bits per heavy atom. The molecule has 0 saturated carbocycles. The molecule has 0 unspecified atom stereocenters.